The minimum atomic E-state index is -0.714. The molecule has 3 nitrogen and oxygen atoms in total. The summed E-state index contributed by atoms with van der Waals surface area (Å²) in [4.78, 5) is 0. The largest absolute Gasteiger partial charge is 0.490 e. The van der Waals surface area contributed by atoms with E-state index < -0.39 is 5.60 Å². The maximum absolute atomic E-state index is 10.9. The molecule has 1 aliphatic carbocycles. The zero-order valence-electron chi connectivity index (χ0n) is 10.9. The molecule has 1 heterocycles. The molecule has 3 rings (SSSR count). The van der Waals surface area contributed by atoms with Crippen LogP contribution in [0.15, 0.2) is 24.3 Å². The third-order valence-electron chi connectivity index (χ3n) is 4.11. The van der Waals surface area contributed by atoms with Crippen molar-refractivity contribution in [2.75, 3.05) is 13.1 Å². The Morgan fingerprint density at radius 1 is 1.39 bits per heavy atom. The van der Waals surface area contributed by atoms with Gasteiger partial charge in [-0.05, 0) is 43.5 Å². The van der Waals surface area contributed by atoms with Crippen LogP contribution in [-0.2, 0) is 5.60 Å². The summed E-state index contributed by atoms with van der Waals surface area (Å²) in [6.45, 7) is 3.83. The monoisotopic (exact) mass is 247 g/mol. The van der Waals surface area contributed by atoms with Gasteiger partial charge in [-0.3, -0.25) is 0 Å². The van der Waals surface area contributed by atoms with Crippen LogP contribution < -0.4 is 10.1 Å². The summed E-state index contributed by atoms with van der Waals surface area (Å²) >= 11 is 0. The van der Waals surface area contributed by atoms with Crippen molar-refractivity contribution in [3.8, 4) is 5.75 Å². The van der Waals surface area contributed by atoms with Gasteiger partial charge in [0.1, 0.15) is 5.75 Å². The first-order chi connectivity index (χ1) is 8.68. The molecule has 2 unspecified atom stereocenters. The average molecular weight is 247 g/mol. The lowest BCUT2D eigenvalue weighted by atomic mass is 9.77. The van der Waals surface area contributed by atoms with Crippen LogP contribution in [-0.4, -0.2) is 24.3 Å². The number of nitrogens with one attached hydrogen (secondary N) is 1. The van der Waals surface area contributed by atoms with Gasteiger partial charge < -0.3 is 15.2 Å². The fraction of sp³-hybridized carbons (Fsp3) is 0.600. The molecule has 0 bridgehead atoms. The van der Waals surface area contributed by atoms with E-state index in [-0.39, 0.29) is 5.92 Å². The number of hydrogen-bond acceptors (Lipinski definition) is 3. The summed E-state index contributed by atoms with van der Waals surface area (Å²) < 4.78 is 5.81. The topological polar surface area (TPSA) is 41.5 Å². The summed E-state index contributed by atoms with van der Waals surface area (Å²) in [6.07, 6.45) is 3.49. The number of benzene rings is 1. The highest BCUT2D eigenvalue weighted by Gasteiger charge is 2.38. The first kappa shape index (κ1) is 12.0. The molecule has 18 heavy (non-hydrogen) atoms. The van der Waals surface area contributed by atoms with Crippen molar-refractivity contribution in [3.05, 3.63) is 29.8 Å². The quantitative estimate of drug-likeness (QED) is 0.859. The number of hydrogen-bond donors (Lipinski definition) is 2. The molecular formula is C15H21NO2. The molecule has 3 heteroatoms. The van der Waals surface area contributed by atoms with Crippen LogP contribution in [0.1, 0.15) is 31.7 Å². The van der Waals surface area contributed by atoms with Crippen molar-refractivity contribution >= 4 is 0 Å². The van der Waals surface area contributed by atoms with E-state index in [0.29, 0.717) is 6.10 Å². The highest BCUT2D eigenvalue weighted by molar-refractivity contribution is 5.33. The van der Waals surface area contributed by atoms with E-state index in [1.807, 2.05) is 24.3 Å². The maximum atomic E-state index is 10.9. The third kappa shape index (κ3) is 2.25. The van der Waals surface area contributed by atoms with Gasteiger partial charge in [-0.15, -0.1) is 0 Å². The number of rotatable bonds is 3. The van der Waals surface area contributed by atoms with E-state index in [1.165, 1.54) is 0 Å². The molecule has 1 saturated carbocycles. The predicted molar refractivity (Wildman–Crippen MR) is 70.6 cm³/mol. The van der Waals surface area contributed by atoms with Gasteiger partial charge in [-0.1, -0.05) is 19.1 Å². The second-order valence-corrected chi connectivity index (χ2v) is 5.62. The Hall–Kier alpha value is -1.06. The molecule has 2 fully saturated rings. The lowest BCUT2D eigenvalue weighted by molar-refractivity contribution is -0.0393. The van der Waals surface area contributed by atoms with Crippen molar-refractivity contribution in [1.82, 2.24) is 5.32 Å². The average Bonchev–Trinajstić information content (AvgIpc) is 3.17. The summed E-state index contributed by atoms with van der Waals surface area (Å²) in [5.41, 5.74) is 0.281. The minimum absolute atomic E-state index is 0.224. The zero-order valence-corrected chi connectivity index (χ0v) is 10.9. The normalized spacial score (nSPS) is 32.2. The van der Waals surface area contributed by atoms with E-state index >= 15 is 0 Å². The Morgan fingerprint density at radius 2 is 2.22 bits per heavy atom. The molecule has 1 aromatic carbocycles. The smallest absolute Gasteiger partial charge is 0.120 e. The summed E-state index contributed by atoms with van der Waals surface area (Å²) in [5, 5.41) is 14.2. The molecule has 98 valence electrons. The SMILES string of the molecule is CC1CNCCC1(O)c1cccc(OC2CC2)c1. The van der Waals surface area contributed by atoms with Crippen LogP contribution in [0.25, 0.3) is 0 Å². The van der Waals surface area contributed by atoms with Crippen molar-refractivity contribution in [1.29, 1.82) is 0 Å². The van der Waals surface area contributed by atoms with Gasteiger partial charge in [-0.2, -0.15) is 0 Å². The van der Waals surface area contributed by atoms with Gasteiger partial charge in [0.05, 0.1) is 11.7 Å². The highest BCUT2D eigenvalue weighted by Crippen LogP contribution is 2.37. The van der Waals surface area contributed by atoms with E-state index in [4.69, 9.17) is 4.74 Å². The second kappa shape index (κ2) is 4.56. The molecular weight excluding hydrogens is 226 g/mol. The van der Waals surface area contributed by atoms with Gasteiger partial charge in [-0.25, -0.2) is 0 Å². The molecule has 1 aromatic rings. The van der Waals surface area contributed by atoms with Crippen LogP contribution in [0.3, 0.4) is 0 Å². The molecule has 2 aliphatic rings. The standard InChI is InChI=1S/C15H21NO2/c1-11-10-16-8-7-15(11,17)12-3-2-4-14(9-12)18-13-5-6-13/h2-4,9,11,13,16-17H,5-8,10H2,1H3. The summed E-state index contributed by atoms with van der Waals surface area (Å²) in [5.74, 6) is 1.12. The van der Waals surface area contributed by atoms with Crippen molar-refractivity contribution in [2.45, 2.75) is 37.9 Å². The van der Waals surface area contributed by atoms with Crippen LogP contribution in [0.5, 0.6) is 5.75 Å². The summed E-state index contributed by atoms with van der Waals surface area (Å²) in [7, 11) is 0. The van der Waals surface area contributed by atoms with Gasteiger partial charge >= 0.3 is 0 Å². The molecule has 0 amide bonds. The Balaban J connectivity index is 1.85. The molecule has 0 radical (unpaired) electrons. The molecule has 0 spiro atoms. The van der Waals surface area contributed by atoms with Gasteiger partial charge in [0.15, 0.2) is 0 Å². The van der Waals surface area contributed by atoms with Gasteiger partial charge in [0.2, 0.25) is 0 Å². The van der Waals surface area contributed by atoms with E-state index in [2.05, 4.69) is 12.2 Å². The van der Waals surface area contributed by atoms with Crippen molar-refractivity contribution in [3.63, 3.8) is 0 Å². The Morgan fingerprint density at radius 3 is 2.94 bits per heavy atom. The molecule has 2 atom stereocenters. The van der Waals surface area contributed by atoms with Gasteiger partial charge in [0, 0.05) is 12.5 Å². The van der Waals surface area contributed by atoms with Crippen LogP contribution in [0.2, 0.25) is 0 Å². The minimum Gasteiger partial charge on any atom is -0.490 e. The van der Waals surface area contributed by atoms with Crippen molar-refractivity contribution < 1.29 is 9.84 Å². The number of piperidine rings is 1. The van der Waals surface area contributed by atoms with Crippen LogP contribution >= 0.6 is 0 Å². The Bertz CT molecular complexity index is 430. The predicted octanol–water partition coefficient (Wildman–Crippen LogP) is 2.04. The maximum Gasteiger partial charge on any atom is 0.120 e. The molecule has 1 aliphatic heterocycles. The zero-order chi connectivity index (χ0) is 12.6. The van der Waals surface area contributed by atoms with E-state index in [1.54, 1.807) is 0 Å². The number of aliphatic hydroxyl groups is 1. The van der Waals surface area contributed by atoms with Gasteiger partial charge in [0.25, 0.3) is 0 Å². The molecule has 2 N–H and O–H groups in total. The second-order valence-electron chi connectivity index (χ2n) is 5.62. The first-order valence-electron chi connectivity index (χ1n) is 6.89. The first-order valence-corrected chi connectivity index (χ1v) is 6.89. The highest BCUT2D eigenvalue weighted by atomic mass is 16.5. The summed E-state index contributed by atoms with van der Waals surface area (Å²) in [6, 6.07) is 8.00. The molecule has 1 saturated heterocycles. The Labute approximate surface area is 108 Å². The van der Waals surface area contributed by atoms with E-state index in [0.717, 1.165) is 43.7 Å². The lowest BCUT2D eigenvalue weighted by Crippen LogP contribution is -2.46. The third-order valence-corrected chi connectivity index (χ3v) is 4.11. The Kier molecular flexibility index (Phi) is 3.04. The molecule has 0 aromatic heterocycles. The number of ether oxygens (including phenoxy) is 1. The fourth-order valence-electron chi connectivity index (χ4n) is 2.66. The fourth-order valence-corrected chi connectivity index (χ4v) is 2.66. The van der Waals surface area contributed by atoms with Crippen LogP contribution in [0.4, 0.5) is 0 Å². The van der Waals surface area contributed by atoms with Crippen molar-refractivity contribution in [2.24, 2.45) is 5.92 Å². The van der Waals surface area contributed by atoms with E-state index in [9.17, 15) is 5.11 Å². The lowest BCUT2D eigenvalue weighted by Gasteiger charge is -2.39. The van der Waals surface area contributed by atoms with Crippen LogP contribution in [0, 0.1) is 5.92 Å².